The Morgan fingerprint density at radius 2 is 1.01 bits per heavy atom. The summed E-state index contributed by atoms with van der Waals surface area (Å²) in [6.45, 7) is 13.5. The first-order valence-electron chi connectivity index (χ1n) is 28.6. The summed E-state index contributed by atoms with van der Waals surface area (Å²) < 4.78 is 70.0. The highest BCUT2D eigenvalue weighted by molar-refractivity contribution is 7.92. The van der Waals surface area contributed by atoms with Gasteiger partial charge in [0.15, 0.2) is 0 Å². The van der Waals surface area contributed by atoms with Crippen LogP contribution in [0.3, 0.4) is 0 Å². The van der Waals surface area contributed by atoms with Crippen LogP contribution in [-0.2, 0) is 63.0 Å². The quantitative estimate of drug-likeness (QED) is 0.163. The topological polar surface area (TPSA) is 331 Å². The second-order valence-electron chi connectivity index (χ2n) is 25.8. The molecule has 4 aliphatic carbocycles. The van der Waals surface area contributed by atoms with Crippen molar-refractivity contribution in [3.05, 3.63) is 24.3 Å². The minimum atomic E-state index is -3.93. The Hall–Kier alpha value is -5.34. The molecule has 81 heavy (non-hydrogen) atoms. The van der Waals surface area contributed by atoms with E-state index in [9.17, 15) is 60.3 Å². The minimum absolute atomic E-state index is 0.0503. The number of nitrogens with zero attached hydrogens (tertiary/aromatic N) is 2. The molecule has 0 spiro atoms. The summed E-state index contributed by atoms with van der Waals surface area (Å²) in [5.41, 5.74) is -4.43. The van der Waals surface area contributed by atoms with Crippen molar-refractivity contribution in [3.8, 4) is 0 Å². The molecule has 0 bridgehead atoms. The maximum atomic E-state index is 13.8. The fraction of sp³-hybridized carbons (Fsp3) is 0.782. The standard InChI is InChI=1S/C28H44N4O8S.C27H42N4O8S/c1-26(2,3)40-25(36)29-20-12-10-8-6-7-9-11-18-16-28(18,24(35)31-41(37,38)27(4)13-14-27)30-22(33)21-15-19(39-5)17-32(21)23(20)34;1-25(2,3)39-24(36)28-19-11-9-7-5-6-8-10-17-15-27(17,23(35)30-40(37,38)26(4)12-13-26)29-21(33)20-14-18(32)16-31(20)22(19)34/h9,11,18-21H,6-8,10,12-17H2,1-5H3,(H,29,36)(H,30,33)(H,31,35);8,10,17-20,32H,5-7,9,11-16H2,1-4H3,(H,28,36)(H,29,33)(H,30,35)/b11-9-;10-8-/t18-,19-,20+,21+,28-;17-,18-,19+,20+,27-/m11/s1. The Bertz CT molecular complexity index is 2730. The van der Waals surface area contributed by atoms with E-state index < -0.39 is 142 Å². The maximum Gasteiger partial charge on any atom is 0.408 e. The van der Waals surface area contributed by atoms with Gasteiger partial charge in [-0.15, -0.1) is 0 Å². The Labute approximate surface area is 476 Å². The van der Waals surface area contributed by atoms with Crippen LogP contribution in [0.5, 0.6) is 0 Å². The molecule has 0 aromatic heterocycles. The minimum Gasteiger partial charge on any atom is -0.444 e. The van der Waals surface area contributed by atoms with Gasteiger partial charge in [-0.2, -0.15) is 0 Å². The van der Waals surface area contributed by atoms with Gasteiger partial charge in [-0.05, 0) is 132 Å². The van der Waals surface area contributed by atoms with E-state index in [0.717, 1.165) is 32.1 Å². The van der Waals surface area contributed by atoms with Crippen LogP contribution < -0.4 is 30.7 Å². The number of sulfonamides is 2. The smallest absolute Gasteiger partial charge is 0.408 e. The number of carbonyl (C=O) groups is 8. The molecule has 6 fully saturated rings. The number of aliphatic hydroxyl groups is 1. The molecule has 10 atom stereocenters. The van der Waals surface area contributed by atoms with E-state index in [1.165, 1.54) is 16.9 Å². The Kier molecular flexibility index (Phi) is 18.8. The van der Waals surface area contributed by atoms with E-state index in [-0.39, 0.29) is 44.7 Å². The molecule has 454 valence electrons. The molecular weight excluding hydrogens is 1090 g/mol. The fourth-order valence-electron chi connectivity index (χ4n) is 10.8. The van der Waals surface area contributed by atoms with Crippen molar-refractivity contribution >= 4 is 67.7 Å². The molecule has 24 nitrogen and oxygen atoms in total. The molecule has 0 aromatic carbocycles. The van der Waals surface area contributed by atoms with Gasteiger partial charge in [-0.3, -0.25) is 38.2 Å². The number of methoxy groups -OCH3 is 1. The number of hydrogen-bond donors (Lipinski definition) is 7. The van der Waals surface area contributed by atoms with Crippen LogP contribution >= 0.6 is 0 Å². The summed E-state index contributed by atoms with van der Waals surface area (Å²) in [5.74, 6) is -4.51. The van der Waals surface area contributed by atoms with Crippen molar-refractivity contribution in [2.75, 3.05) is 20.2 Å². The summed E-state index contributed by atoms with van der Waals surface area (Å²) in [4.78, 5) is 109. The third-order valence-corrected chi connectivity index (χ3v) is 21.0. The molecule has 26 heteroatoms. The third-order valence-electron chi connectivity index (χ3n) is 16.7. The van der Waals surface area contributed by atoms with Crippen LogP contribution in [0.1, 0.15) is 171 Å². The summed E-state index contributed by atoms with van der Waals surface area (Å²) in [5, 5.41) is 21.3. The highest BCUT2D eigenvalue weighted by Gasteiger charge is 2.65. The van der Waals surface area contributed by atoms with E-state index in [1.807, 2.05) is 24.3 Å². The van der Waals surface area contributed by atoms with Crippen molar-refractivity contribution < 1.29 is 74.5 Å². The first-order chi connectivity index (χ1) is 37.7. The molecule has 2 saturated heterocycles. The van der Waals surface area contributed by atoms with Crippen LogP contribution in [0.2, 0.25) is 0 Å². The number of carbonyl (C=O) groups excluding carboxylic acids is 8. The number of alkyl carbamates (subject to hydrolysis) is 2. The molecule has 0 unspecified atom stereocenters. The maximum absolute atomic E-state index is 13.8. The van der Waals surface area contributed by atoms with E-state index in [4.69, 9.17) is 14.2 Å². The van der Waals surface area contributed by atoms with E-state index >= 15 is 0 Å². The van der Waals surface area contributed by atoms with Gasteiger partial charge < -0.3 is 50.4 Å². The Morgan fingerprint density at radius 3 is 1.40 bits per heavy atom. The van der Waals surface area contributed by atoms with E-state index in [0.29, 0.717) is 57.8 Å². The molecule has 4 aliphatic heterocycles. The van der Waals surface area contributed by atoms with Crippen molar-refractivity contribution in [1.82, 2.24) is 40.5 Å². The Balaban J connectivity index is 0.000000234. The van der Waals surface area contributed by atoms with Gasteiger partial charge in [-0.1, -0.05) is 50.0 Å². The van der Waals surface area contributed by atoms with Gasteiger partial charge in [0.05, 0.1) is 21.7 Å². The lowest BCUT2D eigenvalue weighted by molar-refractivity contribution is -0.141. The van der Waals surface area contributed by atoms with Crippen LogP contribution in [0.15, 0.2) is 24.3 Å². The molecule has 8 rings (SSSR count). The normalized spacial score (nSPS) is 33.0. The first-order valence-corrected chi connectivity index (χ1v) is 31.6. The lowest BCUT2D eigenvalue weighted by atomic mass is 10.0. The highest BCUT2D eigenvalue weighted by Crippen LogP contribution is 2.49. The molecule has 8 amide bonds. The lowest BCUT2D eigenvalue weighted by Gasteiger charge is -2.30. The van der Waals surface area contributed by atoms with Gasteiger partial charge in [-0.25, -0.2) is 26.4 Å². The van der Waals surface area contributed by atoms with Crippen molar-refractivity contribution in [2.45, 2.75) is 239 Å². The average molecular weight is 1180 g/mol. The number of aliphatic hydroxyl groups excluding tert-OH is 1. The van der Waals surface area contributed by atoms with E-state index in [2.05, 4.69) is 30.7 Å². The number of allylic oxidation sites excluding steroid dienone is 2. The van der Waals surface area contributed by atoms with Crippen molar-refractivity contribution in [2.24, 2.45) is 11.8 Å². The monoisotopic (exact) mass is 1180 g/mol. The molecule has 7 N–H and O–H groups in total. The second-order valence-corrected chi connectivity index (χ2v) is 30.2. The zero-order chi connectivity index (χ0) is 59.7. The van der Waals surface area contributed by atoms with Crippen LogP contribution in [-0.4, -0.2) is 168 Å². The van der Waals surface area contributed by atoms with Crippen LogP contribution in [0, 0.1) is 11.8 Å². The molecule has 8 aliphatic rings. The molecule has 4 saturated carbocycles. The predicted octanol–water partition coefficient (Wildman–Crippen LogP) is 3.12. The first kappa shape index (κ1) is 63.2. The summed E-state index contributed by atoms with van der Waals surface area (Å²) in [6.07, 6.45) is 13.8. The molecule has 0 radical (unpaired) electrons. The largest absolute Gasteiger partial charge is 0.444 e. The number of rotatable bonds is 9. The summed E-state index contributed by atoms with van der Waals surface area (Å²) >= 11 is 0. The predicted molar refractivity (Wildman–Crippen MR) is 295 cm³/mol. The zero-order valence-electron chi connectivity index (χ0n) is 48.4. The van der Waals surface area contributed by atoms with E-state index in [1.54, 1.807) is 55.4 Å². The van der Waals surface area contributed by atoms with Crippen LogP contribution in [0.4, 0.5) is 9.59 Å². The average Bonchev–Trinajstić information content (AvgIpc) is 3.91. The van der Waals surface area contributed by atoms with Gasteiger partial charge in [0, 0.05) is 44.9 Å². The number of fused-ring (bicyclic) bond motifs is 4. The van der Waals surface area contributed by atoms with Gasteiger partial charge in [0.1, 0.15) is 46.4 Å². The molecular formula is C55H86N8O16S2. The molecule has 0 aromatic rings. The fourth-order valence-corrected chi connectivity index (χ4v) is 13.4. The van der Waals surface area contributed by atoms with Crippen molar-refractivity contribution in [3.63, 3.8) is 0 Å². The number of nitrogens with one attached hydrogen (secondary N) is 6. The lowest BCUT2D eigenvalue weighted by Crippen LogP contribution is -2.58. The number of amides is 8. The number of ether oxygens (including phenoxy) is 3. The zero-order valence-corrected chi connectivity index (χ0v) is 50.0. The van der Waals surface area contributed by atoms with Crippen LogP contribution in [0.25, 0.3) is 0 Å². The Morgan fingerprint density at radius 1 is 0.617 bits per heavy atom. The van der Waals surface area contributed by atoms with Gasteiger partial charge >= 0.3 is 12.2 Å². The number of hydrogen-bond acceptors (Lipinski definition) is 16. The molecule has 4 heterocycles. The third kappa shape index (κ3) is 15.3. The highest BCUT2D eigenvalue weighted by atomic mass is 32.2. The van der Waals surface area contributed by atoms with Gasteiger partial charge in [0.2, 0.25) is 43.7 Å². The SMILES string of the molecule is CC(C)(C)OC(=O)N[C@H]1CCCCC/C=C\[C@@H]2C[C@@]2(C(=O)NS(=O)(=O)C2(C)CC2)NC(=O)[C@@H]2C[C@@H](O)CN2C1=O.CO[C@@H]1C[C@H]2C(=O)N[C@]3(C(=O)NS(=O)(=O)C4(C)CC4)C[C@H]3/C=C\CCCCC[C@H](NC(=O)OC(C)(C)C)C(=O)N2C1. The van der Waals surface area contributed by atoms with Gasteiger partial charge in [0.25, 0.3) is 11.8 Å². The van der Waals surface area contributed by atoms with Crippen molar-refractivity contribution in [1.29, 1.82) is 0 Å². The second kappa shape index (κ2) is 24.1. The summed E-state index contributed by atoms with van der Waals surface area (Å²) in [7, 11) is -6.35. The summed E-state index contributed by atoms with van der Waals surface area (Å²) in [6, 6.07) is -3.94.